The number of hydrogen-bond donors (Lipinski definition) is 2. The maximum Gasteiger partial charge on any atom is 0.191 e. The van der Waals surface area contributed by atoms with Gasteiger partial charge in [0.2, 0.25) is 0 Å². The maximum atomic E-state index is 5.70. The Morgan fingerprint density at radius 2 is 1.93 bits per heavy atom. The number of ether oxygens (including phenoxy) is 1. The third-order valence-electron chi connectivity index (χ3n) is 4.29. The van der Waals surface area contributed by atoms with Crippen LogP contribution in [0.15, 0.2) is 66.2 Å². The molecule has 0 saturated heterocycles. The second-order valence-electron chi connectivity index (χ2n) is 6.50. The number of aliphatic imine (C=N–C) groups is 1. The molecule has 0 aliphatic rings. The fourth-order valence-electron chi connectivity index (χ4n) is 2.97. The van der Waals surface area contributed by atoms with Crippen LogP contribution in [0.5, 0.6) is 5.75 Å². The van der Waals surface area contributed by atoms with Crippen molar-refractivity contribution in [1.82, 2.24) is 25.4 Å². The van der Waals surface area contributed by atoms with Crippen LogP contribution in [0.1, 0.15) is 30.5 Å². The molecule has 1 aromatic heterocycles. The van der Waals surface area contributed by atoms with Gasteiger partial charge in [-0.05, 0) is 31.0 Å². The molecule has 0 amide bonds. The van der Waals surface area contributed by atoms with Crippen LogP contribution in [-0.2, 0) is 19.6 Å². The third-order valence-corrected chi connectivity index (χ3v) is 4.29. The van der Waals surface area contributed by atoms with E-state index in [1.54, 1.807) is 12.7 Å². The Balaban J connectivity index is 1.63. The van der Waals surface area contributed by atoms with Crippen molar-refractivity contribution < 1.29 is 4.74 Å². The van der Waals surface area contributed by atoms with Gasteiger partial charge in [-0.25, -0.2) is 14.7 Å². The number of nitrogens with one attached hydrogen (secondary N) is 2. The summed E-state index contributed by atoms with van der Waals surface area (Å²) in [6.45, 7) is 7.43. The van der Waals surface area contributed by atoms with Crippen molar-refractivity contribution in [1.29, 1.82) is 0 Å². The Hall–Kier alpha value is -3.35. The van der Waals surface area contributed by atoms with Crippen LogP contribution in [-0.4, -0.2) is 33.9 Å². The van der Waals surface area contributed by atoms with E-state index in [9.17, 15) is 0 Å². The van der Waals surface area contributed by atoms with Gasteiger partial charge in [-0.3, -0.25) is 0 Å². The van der Waals surface area contributed by atoms with Crippen LogP contribution < -0.4 is 15.4 Å². The van der Waals surface area contributed by atoms with Gasteiger partial charge in [0.25, 0.3) is 0 Å². The lowest BCUT2D eigenvalue weighted by Crippen LogP contribution is -2.36. The van der Waals surface area contributed by atoms with E-state index < -0.39 is 0 Å². The number of para-hydroxylation sites is 1. The van der Waals surface area contributed by atoms with Gasteiger partial charge in [0.05, 0.1) is 19.7 Å². The van der Waals surface area contributed by atoms with Gasteiger partial charge in [-0.2, -0.15) is 5.10 Å². The van der Waals surface area contributed by atoms with Crippen molar-refractivity contribution in [3.63, 3.8) is 0 Å². The van der Waals surface area contributed by atoms with Crippen LogP contribution in [0.4, 0.5) is 0 Å². The summed E-state index contributed by atoms with van der Waals surface area (Å²) >= 11 is 0. The van der Waals surface area contributed by atoms with Gasteiger partial charge in [0.1, 0.15) is 18.4 Å². The molecule has 29 heavy (non-hydrogen) atoms. The first-order valence-corrected chi connectivity index (χ1v) is 9.91. The maximum absolute atomic E-state index is 5.70. The highest BCUT2D eigenvalue weighted by Crippen LogP contribution is 2.17. The van der Waals surface area contributed by atoms with Crippen molar-refractivity contribution in [2.75, 3.05) is 13.2 Å². The summed E-state index contributed by atoms with van der Waals surface area (Å²) in [6.07, 6.45) is 3.27. The molecule has 7 nitrogen and oxygen atoms in total. The summed E-state index contributed by atoms with van der Waals surface area (Å²) in [4.78, 5) is 8.72. The molecule has 0 saturated carbocycles. The van der Waals surface area contributed by atoms with Gasteiger partial charge in [-0.15, -0.1) is 0 Å². The van der Waals surface area contributed by atoms with Crippen LogP contribution in [0.2, 0.25) is 0 Å². The van der Waals surface area contributed by atoms with Gasteiger partial charge >= 0.3 is 0 Å². The van der Waals surface area contributed by atoms with Crippen molar-refractivity contribution in [2.24, 2.45) is 4.99 Å². The first kappa shape index (κ1) is 20.4. The first-order valence-electron chi connectivity index (χ1n) is 9.91. The van der Waals surface area contributed by atoms with Crippen LogP contribution in [0.25, 0.3) is 0 Å². The number of hydrogen-bond acceptors (Lipinski definition) is 4. The molecule has 0 spiro atoms. The predicted octanol–water partition coefficient (Wildman–Crippen LogP) is 2.98. The Morgan fingerprint density at radius 1 is 1.07 bits per heavy atom. The second kappa shape index (κ2) is 10.8. The molecule has 2 N–H and O–H groups in total. The Kier molecular flexibility index (Phi) is 7.63. The highest BCUT2D eigenvalue weighted by Gasteiger charge is 2.04. The quantitative estimate of drug-likeness (QED) is 0.432. The van der Waals surface area contributed by atoms with Crippen molar-refractivity contribution >= 4 is 5.96 Å². The smallest absolute Gasteiger partial charge is 0.191 e. The number of rotatable bonds is 9. The number of nitrogens with zero attached hydrogens (tertiary/aromatic N) is 4. The van der Waals surface area contributed by atoms with E-state index in [-0.39, 0.29) is 0 Å². The zero-order chi connectivity index (χ0) is 20.3. The van der Waals surface area contributed by atoms with Gasteiger partial charge in [-0.1, -0.05) is 42.5 Å². The average Bonchev–Trinajstić information content (AvgIpc) is 3.24. The topological polar surface area (TPSA) is 76.4 Å². The van der Waals surface area contributed by atoms with E-state index in [1.165, 1.54) is 5.56 Å². The summed E-state index contributed by atoms with van der Waals surface area (Å²) < 4.78 is 7.51. The number of benzene rings is 2. The van der Waals surface area contributed by atoms with E-state index in [0.29, 0.717) is 26.2 Å². The number of aromatic nitrogens is 3. The molecule has 0 aliphatic carbocycles. The molecule has 0 fully saturated rings. The lowest BCUT2D eigenvalue weighted by Gasteiger charge is -2.14. The molecule has 152 valence electrons. The molecule has 3 rings (SSSR count). The Morgan fingerprint density at radius 3 is 2.72 bits per heavy atom. The SMILES string of the molecule is CCNC(=NCc1cccc(Cn2cncn2)c1)NCc1ccccc1OCC. The molecule has 0 bridgehead atoms. The first-order chi connectivity index (χ1) is 14.3. The Labute approximate surface area is 171 Å². The Bertz CT molecular complexity index is 907. The largest absolute Gasteiger partial charge is 0.494 e. The lowest BCUT2D eigenvalue weighted by atomic mass is 10.1. The zero-order valence-electron chi connectivity index (χ0n) is 17.0. The summed E-state index contributed by atoms with van der Waals surface area (Å²) in [6, 6.07) is 16.4. The van der Waals surface area contributed by atoms with E-state index in [1.807, 2.05) is 29.8 Å². The fourth-order valence-corrected chi connectivity index (χ4v) is 2.97. The standard InChI is InChI=1S/C22H28N6O/c1-3-24-22(26-14-20-10-5-6-11-21(20)29-4-2)25-13-18-8-7-9-19(12-18)15-28-17-23-16-27-28/h5-12,16-17H,3-4,13-15H2,1-2H3,(H2,24,25,26). The summed E-state index contributed by atoms with van der Waals surface area (Å²) in [5.74, 6) is 1.68. The molecule has 0 aliphatic heterocycles. The molecule has 7 heteroatoms. The van der Waals surface area contributed by atoms with E-state index >= 15 is 0 Å². The molecule has 2 aromatic carbocycles. The highest BCUT2D eigenvalue weighted by molar-refractivity contribution is 5.79. The monoisotopic (exact) mass is 392 g/mol. The summed E-state index contributed by atoms with van der Waals surface area (Å²) in [7, 11) is 0. The van der Waals surface area contributed by atoms with E-state index in [0.717, 1.165) is 29.4 Å². The van der Waals surface area contributed by atoms with E-state index in [2.05, 4.69) is 58.0 Å². The van der Waals surface area contributed by atoms with Crippen molar-refractivity contribution in [3.05, 3.63) is 77.9 Å². The zero-order valence-corrected chi connectivity index (χ0v) is 17.0. The molecule has 0 atom stereocenters. The molecule has 3 aromatic rings. The van der Waals surface area contributed by atoms with Gasteiger partial charge < -0.3 is 15.4 Å². The van der Waals surface area contributed by atoms with Crippen LogP contribution >= 0.6 is 0 Å². The number of guanidine groups is 1. The van der Waals surface area contributed by atoms with Gasteiger partial charge in [0, 0.05) is 18.7 Å². The fraction of sp³-hybridized carbons (Fsp3) is 0.318. The van der Waals surface area contributed by atoms with Crippen LogP contribution in [0.3, 0.4) is 0 Å². The minimum Gasteiger partial charge on any atom is -0.494 e. The lowest BCUT2D eigenvalue weighted by molar-refractivity contribution is 0.336. The molecular formula is C22H28N6O. The summed E-state index contributed by atoms with van der Waals surface area (Å²) in [5.41, 5.74) is 3.43. The highest BCUT2D eigenvalue weighted by atomic mass is 16.5. The third kappa shape index (κ3) is 6.34. The predicted molar refractivity (Wildman–Crippen MR) is 115 cm³/mol. The summed E-state index contributed by atoms with van der Waals surface area (Å²) in [5, 5.41) is 10.9. The second-order valence-corrected chi connectivity index (χ2v) is 6.50. The normalized spacial score (nSPS) is 11.3. The molecule has 0 radical (unpaired) electrons. The minimum absolute atomic E-state index is 0.591. The van der Waals surface area contributed by atoms with E-state index in [4.69, 9.17) is 9.73 Å². The average molecular weight is 393 g/mol. The molecular weight excluding hydrogens is 364 g/mol. The van der Waals surface area contributed by atoms with Gasteiger partial charge in [0.15, 0.2) is 5.96 Å². The van der Waals surface area contributed by atoms with Crippen LogP contribution in [0, 0.1) is 0 Å². The van der Waals surface area contributed by atoms with Crippen molar-refractivity contribution in [2.45, 2.75) is 33.5 Å². The molecule has 1 heterocycles. The minimum atomic E-state index is 0.591. The molecule has 0 unspecified atom stereocenters. The van der Waals surface area contributed by atoms with Crippen molar-refractivity contribution in [3.8, 4) is 5.75 Å².